The second-order valence-electron chi connectivity index (χ2n) is 5.68. The number of H-pyrrole nitrogens is 1. The van der Waals surface area contributed by atoms with Crippen LogP contribution in [0, 0.1) is 5.92 Å². The molecule has 0 saturated heterocycles. The summed E-state index contributed by atoms with van der Waals surface area (Å²) in [7, 11) is 0. The van der Waals surface area contributed by atoms with Gasteiger partial charge in [0.1, 0.15) is 5.82 Å². The van der Waals surface area contributed by atoms with Crippen molar-refractivity contribution in [3.8, 4) is 0 Å². The largest absolute Gasteiger partial charge is 0.345 e. The Labute approximate surface area is 116 Å². The molecule has 0 aliphatic heterocycles. The Morgan fingerprint density at radius 1 is 1.30 bits per heavy atom. The van der Waals surface area contributed by atoms with Gasteiger partial charge < -0.3 is 4.98 Å². The molecule has 4 rings (SSSR count). The van der Waals surface area contributed by atoms with Gasteiger partial charge in [-0.25, -0.2) is 4.98 Å². The third-order valence-corrected chi connectivity index (χ3v) is 4.29. The number of nitrogens with zero attached hydrogens (tertiary/aromatic N) is 4. The molecule has 3 aromatic rings. The van der Waals surface area contributed by atoms with Crippen LogP contribution in [-0.4, -0.2) is 24.6 Å². The minimum absolute atomic E-state index is 0.690. The van der Waals surface area contributed by atoms with Crippen molar-refractivity contribution in [1.29, 1.82) is 0 Å². The molecule has 5 heteroatoms. The summed E-state index contributed by atoms with van der Waals surface area (Å²) in [6.45, 7) is 4.08. The third kappa shape index (κ3) is 1.81. The van der Waals surface area contributed by atoms with E-state index >= 15 is 0 Å². The van der Waals surface area contributed by atoms with Gasteiger partial charge in [-0.05, 0) is 37.7 Å². The Kier molecular flexibility index (Phi) is 2.58. The zero-order valence-corrected chi connectivity index (χ0v) is 11.3. The Balaban J connectivity index is 1.72. The van der Waals surface area contributed by atoms with Gasteiger partial charge in [0.25, 0.3) is 0 Å². The fourth-order valence-electron chi connectivity index (χ4n) is 3.12. The summed E-state index contributed by atoms with van der Waals surface area (Å²) >= 11 is 0. The summed E-state index contributed by atoms with van der Waals surface area (Å²) in [4.78, 5) is 7.49. The molecule has 1 aliphatic rings. The quantitative estimate of drug-likeness (QED) is 0.726. The molecule has 1 aliphatic carbocycles. The van der Waals surface area contributed by atoms with Crippen LogP contribution in [0.3, 0.4) is 0 Å². The van der Waals surface area contributed by atoms with Crippen molar-refractivity contribution in [1.82, 2.24) is 24.6 Å². The molecular weight excluding hydrogens is 250 g/mol. The van der Waals surface area contributed by atoms with Gasteiger partial charge in [-0.2, -0.15) is 0 Å². The normalized spacial score (nSPS) is 17.3. The van der Waals surface area contributed by atoms with Crippen molar-refractivity contribution < 1.29 is 0 Å². The SMILES string of the molecule is C=C1CCC(Cc2nnc3cnc4[nH]ccc4n23)CC1. The van der Waals surface area contributed by atoms with Crippen LogP contribution in [0.4, 0.5) is 0 Å². The highest BCUT2D eigenvalue weighted by molar-refractivity contribution is 5.74. The van der Waals surface area contributed by atoms with Crippen molar-refractivity contribution in [2.75, 3.05) is 0 Å². The second-order valence-corrected chi connectivity index (χ2v) is 5.68. The highest BCUT2D eigenvalue weighted by atomic mass is 15.3. The fourth-order valence-corrected chi connectivity index (χ4v) is 3.12. The van der Waals surface area contributed by atoms with Crippen molar-refractivity contribution in [2.24, 2.45) is 5.92 Å². The van der Waals surface area contributed by atoms with Gasteiger partial charge in [0.2, 0.25) is 0 Å². The molecule has 20 heavy (non-hydrogen) atoms. The third-order valence-electron chi connectivity index (χ3n) is 4.29. The number of nitrogens with one attached hydrogen (secondary N) is 1. The Morgan fingerprint density at radius 3 is 3.00 bits per heavy atom. The monoisotopic (exact) mass is 267 g/mol. The average Bonchev–Trinajstić information content (AvgIpc) is 3.07. The van der Waals surface area contributed by atoms with E-state index < -0.39 is 0 Å². The van der Waals surface area contributed by atoms with Gasteiger partial charge in [0.15, 0.2) is 11.3 Å². The Bertz CT molecular complexity index is 772. The number of hydrogen-bond donors (Lipinski definition) is 1. The fraction of sp³-hybridized carbons (Fsp3) is 0.400. The van der Waals surface area contributed by atoms with Crippen LogP contribution >= 0.6 is 0 Å². The van der Waals surface area contributed by atoms with Crippen LogP contribution in [0.25, 0.3) is 16.8 Å². The standard InChI is InChI=1S/C15H17N5/c1-10-2-4-11(5-3-10)8-13-18-19-14-9-17-15-12(20(13)14)6-7-16-15/h6-7,9,11,16H,1-5,8H2. The maximum absolute atomic E-state index is 4.37. The minimum atomic E-state index is 0.690. The number of hydrogen-bond acceptors (Lipinski definition) is 3. The molecule has 0 amide bonds. The van der Waals surface area contributed by atoms with E-state index in [0.29, 0.717) is 5.92 Å². The highest BCUT2D eigenvalue weighted by Crippen LogP contribution is 2.29. The van der Waals surface area contributed by atoms with E-state index in [2.05, 4.69) is 31.1 Å². The molecule has 0 spiro atoms. The molecule has 1 fully saturated rings. The van der Waals surface area contributed by atoms with Crippen molar-refractivity contribution in [2.45, 2.75) is 32.1 Å². The van der Waals surface area contributed by atoms with E-state index in [0.717, 1.165) is 41.9 Å². The van der Waals surface area contributed by atoms with Crippen LogP contribution in [0.5, 0.6) is 0 Å². The molecule has 3 heterocycles. The van der Waals surface area contributed by atoms with Gasteiger partial charge in [-0.15, -0.1) is 10.2 Å². The number of aromatic amines is 1. The number of rotatable bonds is 2. The maximum Gasteiger partial charge on any atom is 0.179 e. The van der Waals surface area contributed by atoms with E-state index in [1.807, 2.05) is 12.3 Å². The van der Waals surface area contributed by atoms with Crippen molar-refractivity contribution in [3.05, 3.63) is 36.4 Å². The Hall–Kier alpha value is -2.17. The van der Waals surface area contributed by atoms with E-state index in [1.54, 1.807) is 6.20 Å². The first-order valence-corrected chi connectivity index (χ1v) is 7.14. The minimum Gasteiger partial charge on any atom is -0.345 e. The second kappa shape index (κ2) is 4.44. The molecule has 0 bridgehead atoms. The molecule has 0 radical (unpaired) electrons. The summed E-state index contributed by atoms with van der Waals surface area (Å²) in [5.41, 5.74) is 4.16. The average molecular weight is 267 g/mol. The van der Waals surface area contributed by atoms with E-state index in [1.165, 1.54) is 18.4 Å². The predicted octanol–water partition coefficient (Wildman–Crippen LogP) is 2.89. The number of allylic oxidation sites excluding steroid dienone is 1. The van der Waals surface area contributed by atoms with E-state index in [9.17, 15) is 0 Å². The molecule has 5 nitrogen and oxygen atoms in total. The molecule has 0 unspecified atom stereocenters. The van der Waals surface area contributed by atoms with Crippen molar-refractivity contribution >= 4 is 16.8 Å². The summed E-state index contributed by atoms with van der Waals surface area (Å²) < 4.78 is 2.13. The lowest BCUT2D eigenvalue weighted by molar-refractivity contribution is 0.400. The first-order valence-electron chi connectivity index (χ1n) is 7.14. The van der Waals surface area contributed by atoms with E-state index in [-0.39, 0.29) is 0 Å². The van der Waals surface area contributed by atoms with E-state index in [4.69, 9.17) is 0 Å². The summed E-state index contributed by atoms with van der Waals surface area (Å²) in [6, 6.07) is 2.03. The number of aromatic nitrogens is 5. The van der Waals surface area contributed by atoms with Crippen LogP contribution in [0.1, 0.15) is 31.5 Å². The molecule has 102 valence electrons. The zero-order valence-electron chi connectivity index (χ0n) is 11.3. The van der Waals surface area contributed by atoms with Crippen molar-refractivity contribution in [3.63, 3.8) is 0 Å². The molecule has 1 saturated carbocycles. The summed E-state index contributed by atoms with van der Waals surface area (Å²) in [6.07, 6.45) is 9.41. The van der Waals surface area contributed by atoms with Gasteiger partial charge in [0, 0.05) is 12.6 Å². The lowest BCUT2D eigenvalue weighted by Crippen LogP contribution is -2.12. The van der Waals surface area contributed by atoms with Gasteiger partial charge >= 0.3 is 0 Å². The maximum atomic E-state index is 4.37. The topological polar surface area (TPSA) is 58.9 Å². The van der Waals surface area contributed by atoms with Crippen LogP contribution in [0.15, 0.2) is 30.6 Å². The number of fused-ring (bicyclic) bond motifs is 3. The first-order chi connectivity index (χ1) is 9.81. The lowest BCUT2D eigenvalue weighted by atomic mass is 9.84. The smallest absolute Gasteiger partial charge is 0.179 e. The van der Waals surface area contributed by atoms with Crippen LogP contribution < -0.4 is 0 Å². The van der Waals surface area contributed by atoms with Gasteiger partial charge in [-0.1, -0.05) is 12.2 Å². The molecular formula is C15H17N5. The van der Waals surface area contributed by atoms with Crippen LogP contribution in [0.2, 0.25) is 0 Å². The molecule has 1 N–H and O–H groups in total. The first kappa shape index (κ1) is 11.6. The molecule has 0 aromatic carbocycles. The zero-order chi connectivity index (χ0) is 13.5. The molecule has 0 atom stereocenters. The summed E-state index contributed by atoms with van der Waals surface area (Å²) in [5, 5.41) is 8.62. The highest BCUT2D eigenvalue weighted by Gasteiger charge is 2.19. The predicted molar refractivity (Wildman–Crippen MR) is 77.4 cm³/mol. The van der Waals surface area contributed by atoms with Gasteiger partial charge in [-0.3, -0.25) is 4.40 Å². The van der Waals surface area contributed by atoms with Crippen LogP contribution in [-0.2, 0) is 6.42 Å². The van der Waals surface area contributed by atoms with Gasteiger partial charge in [0.05, 0.1) is 11.7 Å². The lowest BCUT2D eigenvalue weighted by Gasteiger charge is -2.22. The summed E-state index contributed by atoms with van der Waals surface area (Å²) in [5.74, 6) is 1.74. The Morgan fingerprint density at radius 2 is 2.15 bits per heavy atom. The molecule has 3 aromatic heterocycles.